The predicted octanol–water partition coefficient (Wildman–Crippen LogP) is 3.30. The third-order valence-electron chi connectivity index (χ3n) is 3.37. The first-order valence-corrected chi connectivity index (χ1v) is 6.44. The molecule has 1 aliphatic carbocycles. The molecule has 0 atom stereocenters. The van der Waals surface area contributed by atoms with Gasteiger partial charge in [0.05, 0.1) is 14.2 Å². The van der Waals surface area contributed by atoms with Crippen LogP contribution in [0.2, 0.25) is 0 Å². The summed E-state index contributed by atoms with van der Waals surface area (Å²) < 4.78 is 37.2. The van der Waals surface area contributed by atoms with Gasteiger partial charge in [0, 0.05) is 22.9 Å². The van der Waals surface area contributed by atoms with Gasteiger partial charge in [0.15, 0.2) is 0 Å². The fraction of sp³-hybridized carbons (Fsp3) is 0.462. The van der Waals surface area contributed by atoms with Crippen molar-refractivity contribution >= 4 is 21.9 Å². The number of methoxy groups -OCH3 is 2. The first kappa shape index (κ1) is 14.2. The summed E-state index contributed by atoms with van der Waals surface area (Å²) in [6.45, 7) is 0. The minimum absolute atomic E-state index is 0.407. The highest BCUT2D eigenvalue weighted by Crippen LogP contribution is 2.56. The number of hydrogen-bond donors (Lipinski definition) is 0. The highest BCUT2D eigenvalue weighted by atomic mass is 79.9. The van der Waals surface area contributed by atoms with Crippen molar-refractivity contribution in [3.05, 3.63) is 28.2 Å². The molecule has 1 aromatic rings. The molecule has 0 spiro atoms. The maximum absolute atomic E-state index is 13.3. The zero-order valence-corrected chi connectivity index (χ0v) is 12.1. The zero-order valence-electron chi connectivity index (χ0n) is 10.5. The summed E-state index contributed by atoms with van der Waals surface area (Å²) in [5, 5.41) is 0. The van der Waals surface area contributed by atoms with Crippen molar-refractivity contribution in [2.75, 3.05) is 14.2 Å². The lowest BCUT2D eigenvalue weighted by atomic mass is 9.61. The number of ether oxygens (including phenoxy) is 2. The zero-order chi connectivity index (χ0) is 14.3. The van der Waals surface area contributed by atoms with E-state index in [1.807, 2.05) is 0 Å². The molecule has 2 rings (SSSR count). The lowest BCUT2D eigenvalue weighted by Crippen LogP contribution is -2.55. The molecule has 1 fully saturated rings. The van der Waals surface area contributed by atoms with Crippen LogP contribution in [-0.4, -0.2) is 26.1 Å². The lowest BCUT2D eigenvalue weighted by molar-refractivity contribution is -0.177. The number of alkyl halides is 2. The minimum Gasteiger partial charge on any atom is -0.496 e. The van der Waals surface area contributed by atoms with Gasteiger partial charge >= 0.3 is 5.97 Å². The van der Waals surface area contributed by atoms with E-state index >= 15 is 0 Å². The molecule has 0 aliphatic heterocycles. The summed E-state index contributed by atoms with van der Waals surface area (Å²) in [5.74, 6) is -3.10. The molecule has 0 bridgehead atoms. The highest BCUT2D eigenvalue weighted by Gasteiger charge is 2.63. The first-order valence-electron chi connectivity index (χ1n) is 5.65. The third-order valence-corrected chi connectivity index (χ3v) is 3.87. The van der Waals surface area contributed by atoms with Gasteiger partial charge in [-0.3, -0.25) is 4.79 Å². The van der Waals surface area contributed by atoms with Gasteiger partial charge in [0.2, 0.25) is 0 Å². The van der Waals surface area contributed by atoms with Gasteiger partial charge in [-0.25, -0.2) is 8.78 Å². The van der Waals surface area contributed by atoms with Gasteiger partial charge in [0.1, 0.15) is 11.2 Å². The maximum Gasteiger partial charge on any atom is 0.316 e. The molecular formula is C13H13BrF2O3. The molecule has 0 radical (unpaired) electrons. The number of halogens is 3. The topological polar surface area (TPSA) is 35.5 Å². The molecule has 0 saturated heterocycles. The van der Waals surface area contributed by atoms with Crippen LogP contribution >= 0.6 is 15.9 Å². The Labute approximate surface area is 118 Å². The largest absolute Gasteiger partial charge is 0.496 e. The van der Waals surface area contributed by atoms with E-state index in [0.29, 0.717) is 15.8 Å². The van der Waals surface area contributed by atoms with E-state index in [-0.39, 0.29) is 0 Å². The van der Waals surface area contributed by atoms with Gasteiger partial charge in [-0.15, -0.1) is 0 Å². The molecule has 1 saturated carbocycles. The average Bonchev–Trinajstić information content (AvgIpc) is 2.34. The van der Waals surface area contributed by atoms with E-state index in [9.17, 15) is 13.6 Å². The summed E-state index contributed by atoms with van der Waals surface area (Å²) in [6, 6.07) is 5.00. The Morgan fingerprint density at radius 2 is 1.95 bits per heavy atom. The summed E-state index contributed by atoms with van der Waals surface area (Å²) in [7, 11) is 2.64. The average molecular weight is 335 g/mol. The van der Waals surface area contributed by atoms with E-state index in [1.54, 1.807) is 18.2 Å². The normalized spacial score (nSPS) is 19.4. The van der Waals surface area contributed by atoms with Crippen molar-refractivity contribution in [1.29, 1.82) is 0 Å². The SMILES string of the molecule is COC(=O)C1(c2cc(Br)ccc2OC)CC(F)(F)C1. The van der Waals surface area contributed by atoms with Gasteiger partial charge in [-0.1, -0.05) is 15.9 Å². The van der Waals surface area contributed by atoms with Gasteiger partial charge in [-0.2, -0.15) is 0 Å². The van der Waals surface area contributed by atoms with Crippen molar-refractivity contribution in [2.45, 2.75) is 24.2 Å². The summed E-state index contributed by atoms with van der Waals surface area (Å²) in [6.07, 6.45) is -1.11. The molecule has 104 valence electrons. The summed E-state index contributed by atoms with van der Waals surface area (Å²) in [4.78, 5) is 12.0. The smallest absolute Gasteiger partial charge is 0.316 e. The van der Waals surface area contributed by atoms with E-state index in [4.69, 9.17) is 9.47 Å². The Morgan fingerprint density at radius 3 is 2.42 bits per heavy atom. The van der Waals surface area contributed by atoms with Crippen molar-refractivity contribution in [3.63, 3.8) is 0 Å². The Bertz CT molecular complexity index is 509. The summed E-state index contributed by atoms with van der Waals surface area (Å²) >= 11 is 3.28. The second-order valence-corrected chi connectivity index (χ2v) is 5.54. The molecule has 0 amide bonds. The molecule has 0 heterocycles. The minimum atomic E-state index is -2.85. The summed E-state index contributed by atoms with van der Waals surface area (Å²) in [5.41, 5.74) is -0.893. The second kappa shape index (κ2) is 4.74. The van der Waals surface area contributed by atoms with Gasteiger partial charge in [0.25, 0.3) is 5.92 Å². The molecule has 0 aromatic heterocycles. The van der Waals surface area contributed by atoms with Gasteiger partial charge < -0.3 is 9.47 Å². The second-order valence-electron chi connectivity index (χ2n) is 4.63. The van der Waals surface area contributed by atoms with E-state index in [0.717, 1.165) is 0 Å². The highest BCUT2D eigenvalue weighted by molar-refractivity contribution is 9.10. The number of hydrogen-bond acceptors (Lipinski definition) is 3. The van der Waals surface area contributed by atoms with E-state index in [1.165, 1.54) is 14.2 Å². The van der Waals surface area contributed by atoms with Crippen LogP contribution in [0.5, 0.6) is 5.75 Å². The van der Waals surface area contributed by atoms with Crippen LogP contribution in [0.15, 0.2) is 22.7 Å². The molecular weight excluding hydrogens is 322 g/mol. The molecule has 0 N–H and O–H groups in total. The number of benzene rings is 1. The van der Waals surface area contributed by atoms with Crippen molar-refractivity contribution in [3.8, 4) is 5.75 Å². The number of carbonyl (C=O) groups excluding carboxylic acids is 1. The maximum atomic E-state index is 13.3. The van der Waals surface area contributed by atoms with Crippen LogP contribution in [0.25, 0.3) is 0 Å². The molecule has 6 heteroatoms. The monoisotopic (exact) mass is 334 g/mol. The van der Waals surface area contributed by atoms with Crippen molar-refractivity contribution in [2.24, 2.45) is 0 Å². The standard InChI is InChI=1S/C13H13BrF2O3/c1-18-10-4-3-8(14)5-9(10)12(11(17)19-2)6-13(15,16)7-12/h3-5H,6-7H2,1-2H3. The first-order chi connectivity index (χ1) is 8.84. The van der Waals surface area contributed by atoms with Crippen LogP contribution in [0.3, 0.4) is 0 Å². The predicted molar refractivity (Wildman–Crippen MR) is 68.6 cm³/mol. The van der Waals surface area contributed by atoms with E-state index in [2.05, 4.69) is 15.9 Å². The number of esters is 1. The Hall–Kier alpha value is -1.17. The number of carbonyl (C=O) groups is 1. The molecule has 1 aromatic carbocycles. The Kier molecular flexibility index (Phi) is 3.55. The lowest BCUT2D eigenvalue weighted by Gasteiger charge is -2.45. The van der Waals surface area contributed by atoms with Crippen LogP contribution in [-0.2, 0) is 14.9 Å². The van der Waals surface area contributed by atoms with Crippen molar-refractivity contribution in [1.82, 2.24) is 0 Å². The molecule has 19 heavy (non-hydrogen) atoms. The quantitative estimate of drug-likeness (QED) is 0.795. The molecule has 1 aliphatic rings. The molecule has 0 unspecified atom stereocenters. The van der Waals surface area contributed by atoms with Crippen LogP contribution < -0.4 is 4.74 Å². The fourth-order valence-corrected chi connectivity index (χ4v) is 2.89. The van der Waals surface area contributed by atoms with Crippen LogP contribution in [0.1, 0.15) is 18.4 Å². The van der Waals surface area contributed by atoms with Crippen LogP contribution in [0, 0.1) is 0 Å². The Balaban J connectivity index is 2.52. The van der Waals surface area contributed by atoms with Crippen LogP contribution in [0.4, 0.5) is 8.78 Å². The fourth-order valence-electron chi connectivity index (χ4n) is 2.53. The molecule has 3 nitrogen and oxygen atoms in total. The van der Waals surface area contributed by atoms with Gasteiger partial charge in [-0.05, 0) is 18.2 Å². The third kappa shape index (κ3) is 2.33. The van der Waals surface area contributed by atoms with Crippen molar-refractivity contribution < 1.29 is 23.0 Å². The Morgan fingerprint density at radius 1 is 1.32 bits per heavy atom. The number of rotatable bonds is 3. The van der Waals surface area contributed by atoms with E-state index < -0.39 is 30.1 Å².